The Morgan fingerprint density at radius 3 is 2.41 bits per heavy atom. The van der Waals surface area contributed by atoms with Crippen LogP contribution in [0.1, 0.15) is 36.6 Å². The minimum atomic E-state index is -0.398. The van der Waals surface area contributed by atoms with Crippen molar-refractivity contribution in [2.75, 3.05) is 6.61 Å². The first-order valence-electron chi connectivity index (χ1n) is 7.32. The molecule has 0 heterocycles. The molecular weight excluding hydrogens is 280 g/mol. The number of non-ortho nitro benzene ring substituents is 1. The molecule has 0 aliphatic heterocycles. The molecule has 0 fully saturated rings. The second-order valence-corrected chi connectivity index (χ2v) is 4.97. The fraction of sp³-hybridized carbons (Fsp3) is 0.294. The van der Waals surface area contributed by atoms with E-state index in [-0.39, 0.29) is 5.69 Å². The summed E-state index contributed by atoms with van der Waals surface area (Å²) in [6.45, 7) is 4.54. The Labute approximate surface area is 129 Å². The van der Waals surface area contributed by atoms with Crippen LogP contribution in [0, 0.1) is 10.1 Å². The van der Waals surface area contributed by atoms with Crippen molar-refractivity contribution in [2.45, 2.75) is 26.3 Å². The Hall–Kier alpha value is -2.40. The van der Waals surface area contributed by atoms with Crippen molar-refractivity contribution in [1.29, 1.82) is 0 Å². The van der Waals surface area contributed by atoms with E-state index in [1.165, 1.54) is 6.07 Å². The van der Waals surface area contributed by atoms with Crippen LogP contribution >= 0.6 is 0 Å². The normalized spacial score (nSPS) is 12.0. The third-order valence-corrected chi connectivity index (χ3v) is 3.61. The largest absolute Gasteiger partial charge is 0.494 e. The molecule has 2 rings (SSSR count). The number of hydrogen-bond acceptors (Lipinski definition) is 4. The quantitative estimate of drug-likeness (QED) is 0.653. The van der Waals surface area contributed by atoms with Gasteiger partial charge in [0.1, 0.15) is 5.75 Å². The maximum absolute atomic E-state index is 11.0. The lowest BCUT2D eigenvalue weighted by Crippen LogP contribution is -2.14. The minimum Gasteiger partial charge on any atom is -0.494 e. The maximum atomic E-state index is 11.0. The van der Waals surface area contributed by atoms with E-state index in [1.54, 1.807) is 12.1 Å². The third kappa shape index (κ3) is 3.43. The molecule has 0 saturated carbocycles. The Kier molecular flexibility index (Phi) is 5.12. The van der Waals surface area contributed by atoms with Crippen molar-refractivity contribution in [2.24, 2.45) is 5.73 Å². The van der Waals surface area contributed by atoms with Crippen LogP contribution in [0.3, 0.4) is 0 Å². The van der Waals surface area contributed by atoms with Gasteiger partial charge in [0.05, 0.1) is 17.6 Å². The van der Waals surface area contributed by atoms with Gasteiger partial charge >= 0.3 is 0 Å². The van der Waals surface area contributed by atoms with Crippen LogP contribution in [0.5, 0.6) is 5.75 Å². The minimum absolute atomic E-state index is 0.0635. The highest BCUT2D eigenvalue weighted by molar-refractivity contribution is 5.45. The van der Waals surface area contributed by atoms with Crippen LogP contribution in [0.15, 0.2) is 42.5 Å². The molecule has 5 heteroatoms. The second kappa shape index (κ2) is 7.04. The smallest absolute Gasteiger partial charge is 0.269 e. The van der Waals surface area contributed by atoms with Gasteiger partial charge in [-0.05, 0) is 42.2 Å². The summed E-state index contributed by atoms with van der Waals surface area (Å²) in [6, 6.07) is 12.0. The summed E-state index contributed by atoms with van der Waals surface area (Å²) in [5.41, 5.74) is 9.10. The van der Waals surface area contributed by atoms with E-state index >= 15 is 0 Å². The molecule has 5 nitrogen and oxygen atoms in total. The number of rotatable bonds is 6. The van der Waals surface area contributed by atoms with Gasteiger partial charge in [-0.15, -0.1) is 0 Å². The number of nitro groups is 1. The fourth-order valence-corrected chi connectivity index (χ4v) is 2.42. The number of ether oxygens (including phenoxy) is 1. The molecule has 2 aromatic carbocycles. The van der Waals surface area contributed by atoms with Gasteiger partial charge in [-0.25, -0.2) is 0 Å². The molecule has 0 radical (unpaired) electrons. The van der Waals surface area contributed by atoms with E-state index in [0.717, 1.165) is 28.9 Å². The van der Waals surface area contributed by atoms with Crippen LogP contribution in [0.25, 0.3) is 0 Å². The van der Waals surface area contributed by atoms with Crippen molar-refractivity contribution in [3.05, 3.63) is 69.3 Å². The number of nitrogens with two attached hydrogens (primary N) is 1. The van der Waals surface area contributed by atoms with E-state index in [9.17, 15) is 10.1 Å². The zero-order valence-corrected chi connectivity index (χ0v) is 12.8. The lowest BCUT2D eigenvalue weighted by Gasteiger charge is -2.16. The van der Waals surface area contributed by atoms with E-state index in [1.807, 2.05) is 38.1 Å². The lowest BCUT2D eigenvalue weighted by atomic mass is 9.93. The molecule has 0 aromatic heterocycles. The number of nitro benzene ring substituents is 1. The standard InChI is InChI=1S/C17H20N2O3/c1-3-12-5-8-14(19(20)21)11-16(12)17(18)13-6-9-15(10-7-13)22-4-2/h5-11,17H,3-4,18H2,1-2H3. The predicted octanol–water partition coefficient (Wildman–Crippen LogP) is 3.60. The van der Waals surface area contributed by atoms with Crippen molar-refractivity contribution in [3.63, 3.8) is 0 Å². The molecule has 0 saturated heterocycles. The molecule has 2 N–H and O–H groups in total. The second-order valence-electron chi connectivity index (χ2n) is 4.97. The fourth-order valence-electron chi connectivity index (χ4n) is 2.42. The Morgan fingerprint density at radius 2 is 1.86 bits per heavy atom. The van der Waals surface area contributed by atoms with Gasteiger partial charge in [0.25, 0.3) is 5.69 Å². The van der Waals surface area contributed by atoms with E-state index in [2.05, 4.69) is 0 Å². The summed E-state index contributed by atoms with van der Waals surface area (Å²) < 4.78 is 5.41. The van der Waals surface area contributed by atoms with Crippen molar-refractivity contribution >= 4 is 5.69 Å². The third-order valence-electron chi connectivity index (χ3n) is 3.61. The molecule has 22 heavy (non-hydrogen) atoms. The van der Waals surface area contributed by atoms with Gasteiger partial charge < -0.3 is 10.5 Å². The molecule has 1 atom stereocenters. The molecule has 0 amide bonds. The van der Waals surface area contributed by atoms with E-state index in [4.69, 9.17) is 10.5 Å². The Balaban J connectivity index is 2.36. The van der Waals surface area contributed by atoms with Gasteiger partial charge in [-0.3, -0.25) is 10.1 Å². The summed E-state index contributed by atoms with van der Waals surface area (Å²) in [5.74, 6) is 0.785. The summed E-state index contributed by atoms with van der Waals surface area (Å²) in [7, 11) is 0. The lowest BCUT2D eigenvalue weighted by molar-refractivity contribution is -0.384. The van der Waals surface area contributed by atoms with Crippen LogP contribution in [0.2, 0.25) is 0 Å². The molecule has 0 spiro atoms. The van der Waals surface area contributed by atoms with Gasteiger partial charge in [0.2, 0.25) is 0 Å². The molecule has 0 bridgehead atoms. The average Bonchev–Trinajstić information content (AvgIpc) is 2.54. The number of hydrogen-bond donors (Lipinski definition) is 1. The summed E-state index contributed by atoms with van der Waals surface area (Å²) in [4.78, 5) is 10.6. The average molecular weight is 300 g/mol. The van der Waals surface area contributed by atoms with Gasteiger partial charge in [-0.1, -0.05) is 25.1 Å². The number of benzene rings is 2. The van der Waals surface area contributed by atoms with Gasteiger partial charge in [0.15, 0.2) is 0 Å². The molecule has 1 unspecified atom stereocenters. The van der Waals surface area contributed by atoms with Crippen LogP contribution in [-0.2, 0) is 6.42 Å². The Morgan fingerprint density at radius 1 is 1.18 bits per heavy atom. The van der Waals surface area contributed by atoms with E-state index < -0.39 is 11.0 Å². The van der Waals surface area contributed by atoms with Gasteiger partial charge in [0, 0.05) is 12.1 Å². The van der Waals surface area contributed by atoms with Crippen molar-refractivity contribution in [3.8, 4) is 5.75 Å². The van der Waals surface area contributed by atoms with Crippen LogP contribution < -0.4 is 10.5 Å². The SMILES string of the molecule is CCOc1ccc(C(N)c2cc([N+](=O)[O-])ccc2CC)cc1. The highest BCUT2D eigenvalue weighted by Gasteiger charge is 2.17. The van der Waals surface area contributed by atoms with Crippen LogP contribution in [0.4, 0.5) is 5.69 Å². The molecule has 0 aliphatic rings. The number of aryl methyl sites for hydroxylation is 1. The van der Waals surface area contributed by atoms with Crippen LogP contribution in [-0.4, -0.2) is 11.5 Å². The molecule has 2 aromatic rings. The zero-order valence-electron chi connectivity index (χ0n) is 12.8. The summed E-state index contributed by atoms with van der Waals surface area (Å²) in [6.07, 6.45) is 0.776. The Bertz CT molecular complexity index is 653. The predicted molar refractivity (Wildman–Crippen MR) is 86.1 cm³/mol. The first-order chi connectivity index (χ1) is 10.6. The first-order valence-corrected chi connectivity index (χ1v) is 7.32. The topological polar surface area (TPSA) is 78.4 Å². The molecule has 116 valence electrons. The monoisotopic (exact) mass is 300 g/mol. The number of nitrogens with zero attached hydrogens (tertiary/aromatic N) is 1. The zero-order chi connectivity index (χ0) is 16.1. The van der Waals surface area contributed by atoms with Crippen molar-refractivity contribution < 1.29 is 9.66 Å². The highest BCUT2D eigenvalue weighted by Crippen LogP contribution is 2.28. The van der Waals surface area contributed by atoms with Gasteiger partial charge in [-0.2, -0.15) is 0 Å². The first kappa shape index (κ1) is 16.0. The van der Waals surface area contributed by atoms with Crippen molar-refractivity contribution in [1.82, 2.24) is 0 Å². The molecule has 0 aliphatic carbocycles. The summed E-state index contributed by atoms with van der Waals surface area (Å²) in [5, 5.41) is 11.0. The maximum Gasteiger partial charge on any atom is 0.269 e. The molecular formula is C17H20N2O3. The van der Waals surface area contributed by atoms with E-state index in [0.29, 0.717) is 6.61 Å². The summed E-state index contributed by atoms with van der Waals surface area (Å²) >= 11 is 0. The highest BCUT2D eigenvalue weighted by atomic mass is 16.6.